The molecule has 3 aromatic rings. The smallest absolute Gasteiger partial charge is 0.338 e. The monoisotopic (exact) mass is 430 g/mol. The van der Waals surface area contributed by atoms with Crippen LogP contribution in [0, 0.1) is 0 Å². The van der Waals surface area contributed by atoms with Gasteiger partial charge in [0.25, 0.3) is 15.9 Å². The van der Waals surface area contributed by atoms with Crippen molar-refractivity contribution in [3.8, 4) is 0 Å². The molecule has 0 bridgehead atoms. The highest BCUT2D eigenvalue weighted by molar-refractivity contribution is 7.94. The molecule has 29 heavy (non-hydrogen) atoms. The summed E-state index contributed by atoms with van der Waals surface area (Å²) in [6, 6.07) is 17.7. The first-order chi connectivity index (χ1) is 13.8. The molecule has 2 N–H and O–H groups in total. The third-order valence-corrected chi connectivity index (χ3v) is 6.61. The van der Waals surface area contributed by atoms with Gasteiger partial charge >= 0.3 is 5.97 Å². The molecule has 7 nitrogen and oxygen atoms in total. The van der Waals surface area contributed by atoms with E-state index >= 15 is 0 Å². The summed E-state index contributed by atoms with van der Waals surface area (Å²) in [4.78, 5) is 24.4. The van der Waals surface area contributed by atoms with Gasteiger partial charge in [-0.3, -0.25) is 9.52 Å². The Balaban J connectivity index is 1.59. The average molecular weight is 431 g/mol. The third kappa shape index (κ3) is 5.43. The SMILES string of the molecule is CC(OC(=O)c1ccc(NS(=O)(=O)c2cccs2)cc1)C(=O)Nc1ccccc1. The van der Waals surface area contributed by atoms with E-state index < -0.39 is 28.0 Å². The van der Waals surface area contributed by atoms with Gasteiger partial charge in [0.05, 0.1) is 5.56 Å². The number of amides is 1. The maximum absolute atomic E-state index is 12.3. The number of carbonyl (C=O) groups excluding carboxylic acids is 2. The minimum atomic E-state index is -3.66. The molecular weight excluding hydrogens is 412 g/mol. The van der Waals surface area contributed by atoms with Crippen LogP contribution in [0.3, 0.4) is 0 Å². The second kappa shape index (κ2) is 8.89. The fourth-order valence-corrected chi connectivity index (χ4v) is 4.40. The standard InChI is InChI=1S/C20H18N2O5S2/c1-14(19(23)21-16-6-3-2-4-7-16)27-20(24)15-9-11-17(12-10-15)22-29(25,26)18-8-5-13-28-18/h2-14,22H,1H3,(H,21,23). The number of anilines is 2. The van der Waals surface area contributed by atoms with Crippen LogP contribution in [0.4, 0.5) is 11.4 Å². The number of benzene rings is 2. The Bertz CT molecular complexity index is 1080. The van der Waals surface area contributed by atoms with E-state index in [1.807, 2.05) is 6.07 Å². The Morgan fingerprint density at radius 2 is 1.62 bits per heavy atom. The zero-order valence-corrected chi connectivity index (χ0v) is 17.0. The Labute approximate surface area is 172 Å². The van der Waals surface area contributed by atoms with Gasteiger partial charge in [0.2, 0.25) is 0 Å². The van der Waals surface area contributed by atoms with E-state index in [1.54, 1.807) is 35.7 Å². The van der Waals surface area contributed by atoms with Gasteiger partial charge in [-0.25, -0.2) is 13.2 Å². The highest BCUT2D eigenvalue weighted by Gasteiger charge is 2.20. The van der Waals surface area contributed by atoms with Crippen molar-refractivity contribution < 1.29 is 22.7 Å². The van der Waals surface area contributed by atoms with Crippen LogP contribution >= 0.6 is 11.3 Å². The zero-order valence-electron chi connectivity index (χ0n) is 15.4. The second-order valence-electron chi connectivity index (χ2n) is 6.02. The predicted molar refractivity (Wildman–Crippen MR) is 112 cm³/mol. The molecule has 2 aromatic carbocycles. The van der Waals surface area contributed by atoms with Crippen LogP contribution in [0.5, 0.6) is 0 Å². The number of carbonyl (C=O) groups is 2. The first kappa shape index (κ1) is 20.6. The molecule has 0 aliphatic rings. The number of rotatable bonds is 7. The predicted octanol–water partition coefficient (Wildman–Crippen LogP) is 3.73. The molecular formula is C20H18N2O5S2. The highest BCUT2D eigenvalue weighted by Crippen LogP contribution is 2.20. The highest BCUT2D eigenvalue weighted by atomic mass is 32.2. The molecule has 0 fully saturated rings. The lowest BCUT2D eigenvalue weighted by atomic mass is 10.2. The topological polar surface area (TPSA) is 102 Å². The largest absolute Gasteiger partial charge is 0.449 e. The molecule has 0 spiro atoms. The molecule has 1 aromatic heterocycles. The van der Waals surface area contributed by atoms with E-state index in [4.69, 9.17) is 4.74 Å². The molecule has 0 aliphatic carbocycles. The van der Waals surface area contributed by atoms with Gasteiger partial charge in [0, 0.05) is 11.4 Å². The molecule has 1 unspecified atom stereocenters. The van der Waals surface area contributed by atoms with E-state index in [1.165, 1.54) is 37.3 Å². The number of nitrogens with one attached hydrogen (secondary N) is 2. The Hall–Kier alpha value is -3.17. The third-order valence-electron chi connectivity index (χ3n) is 3.83. The van der Waals surface area contributed by atoms with Gasteiger partial charge < -0.3 is 10.1 Å². The van der Waals surface area contributed by atoms with Gasteiger partial charge in [-0.1, -0.05) is 24.3 Å². The number of sulfonamides is 1. The van der Waals surface area contributed by atoms with Crippen molar-refractivity contribution in [2.24, 2.45) is 0 Å². The van der Waals surface area contributed by atoms with Crippen molar-refractivity contribution in [3.05, 3.63) is 77.7 Å². The average Bonchev–Trinajstić information content (AvgIpc) is 3.25. The molecule has 0 radical (unpaired) electrons. The molecule has 9 heteroatoms. The number of hydrogen-bond acceptors (Lipinski definition) is 6. The van der Waals surface area contributed by atoms with Gasteiger partial charge in [-0.05, 0) is 54.8 Å². The lowest BCUT2D eigenvalue weighted by Crippen LogP contribution is -2.30. The summed E-state index contributed by atoms with van der Waals surface area (Å²) >= 11 is 1.10. The van der Waals surface area contributed by atoms with Crippen molar-refractivity contribution in [3.63, 3.8) is 0 Å². The van der Waals surface area contributed by atoms with Crippen molar-refractivity contribution in [1.29, 1.82) is 0 Å². The molecule has 150 valence electrons. The van der Waals surface area contributed by atoms with Crippen LogP contribution < -0.4 is 10.0 Å². The number of thiophene rings is 1. The first-order valence-electron chi connectivity index (χ1n) is 8.58. The maximum Gasteiger partial charge on any atom is 0.338 e. The van der Waals surface area contributed by atoms with E-state index in [9.17, 15) is 18.0 Å². The summed E-state index contributed by atoms with van der Waals surface area (Å²) in [6.07, 6.45) is -1.00. The molecule has 1 heterocycles. The van der Waals surface area contributed by atoms with E-state index in [0.29, 0.717) is 11.4 Å². The van der Waals surface area contributed by atoms with E-state index in [0.717, 1.165) is 11.3 Å². The minimum absolute atomic E-state index is 0.194. The van der Waals surface area contributed by atoms with Crippen molar-refractivity contribution in [2.75, 3.05) is 10.0 Å². The van der Waals surface area contributed by atoms with Crippen LogP contribution in [0.15, 0.2) is 76.3 Å². The van der Waals surface area contributed by atoms with Crippen molar-refractivity contribution >= 4 is 44.6 Å². The van der Waals surface area contributed by atoms with E-state index in [2.05, 4.69) is 10.0 Å². The fourth-order valence-electron chi connectivity index (χ4n) is 2.34. The summed E-state index contributed by atoms with van der Waals surface area (Å²) < 4.78 is 32.2. The number of esters is 1. The summed E-state index contributed by atoms with van der Waals surface area (Å²) in [7, 11) is -3.66. The normalized spacial score (nSPS) is 12.0. The van der Waals surface area contributed by atoms with Gasteiger partial charge in [-0.15, -0.1) is 11.3 Å². The summed E-state index contributed by atoms with van der Waals surface area (Å²) in [5, 5.41) is 4.32. The molecule has 0 saturated carbocycles. The van der Waals surface area contributed by atoms with Gasteiger partial charge in [-0.2, -0.15) is 0 Å². The summed E-state index contributed by atoms with van der Waals surface area (Å²) in [5.41, 5.74) is 1.11. The zero-order chi connectivity index (χ0) is 20.9. The lowest BCUT2D eigenvalue weighted by Gasteiger charge is -2.14. The number of hydrogen-bond donors (Lipinski definition) is 2. The van der Waals surface area contributed by atoms with Crippen LogP contribution in [0.2, 0.25) is 0 Å². The molecule has 0 saturated heterocycles. The lowest BCUT2D eigenvalue weighted by molar-refractivity contribution is -0.123. The van der Waals surface area contributed by atoms with Crippen LogP contribution in [0.25, 0.3) is 0 Å². The van der Waals surface area contributed by atoms with Crippen LogP contribution in [-0.4, -0.2) is 26.4 Å². The summed E-state index contributed by atoms with van der Waals surface area (Å²) in [6.45, 7) is 1.47. The van der Waals surface area contributed by atoms with Crippen LogP contribution in [0.1, 0.15) is 17.3 Å². The molecule has 3 rings (SSSR count). The second-order valence-corrected chi connectivity index (χ2v) is 8.87. The quantitative estimate of drug-likeness (QED) is 0.556. The Kier molecular flexibility index (Phi) is 6.30. The van der Waals surface area contributed by atoms with Crippen molar-refractivity contribution in [1.82, 2.24) is 0 Å². The number of ether oxygens (including phenoxy) is 1. The molecule has 1 atom stereocenters. The van der Waals surface area contributed by atoms with Gasteiger partial charge in [0.1, 0.15) is 4.21 Å². The van der Waals surface area contributed by atoms with Crippen molar-refractivity contribution in [2.45, 2.75) is 17.2 Å². The molecule has 1 amide bonds. The van der Waals surface area contributed by atoms with Gasteiger partial charge in [0.15, 0.2) is 6.10 Å². The first-order valence-corrected chi connectivity index (χ1v) is 10.9. The minimum Gasteiger partial charge on any atom is -0.449 e. The molecule has 0 aliphatic heterocycles. The van der Waals surface area contributed by atoms with E-state index in [-0.39, 0.29) is 9.77 Å². The Morgan fingerprint density at radius 1 is 0.931 bits per heavy atom. The fraction of sp³-hybridized carbons (Fsp3) is 0.100. The Morgan fingerprint density at radius 3 is 2.24 bits per heavy atom. The summed E-state index contributed by atoms with van der Waals surface area (Å²) in [5.74, 6) is -1.14. The van der Waals surface area contributed by atoms with Crippen LogP contribution in [-0.2, 0) is 19.6 Å². The maximum atomic E-state index is 12.3. The number of para-hydroxylation sites is 1.